The number of aliphatic imine (C=N–C) groups is 1. The van der Waals surface area contributed by atoms with E-state index >= 15 is 0 Å². The minimum Gasteiger partial charge on any atom is -0.493 e. The number of benzene rings is 3. The van der Waals surface area contributed by atoms with Gasteiger partial charge in [-0.3, -0.25) is 19.5 Å². The van der Waals surface area contributed by atoms with E-state index in [1.165, 1.54) is 24.3 Å². The number of sulfonamides is 1. The maximum absolute atomic E-state index is 12.7. The Morgan fingerprint density at radius 2 is 1.70 bits per heavy atom. The van der Waals surface area contributed by atoms with E-state index in [1.807, 2.05) is 19.9 Å². The minimum atomic E-state index is -3.82. The molecule has 37 heavy (non-hydrogen) atoms. The monoisotopic (exact) mass is 582 g/mol. The Bertz CT molecular complexity index is 1760. The fourth-order valence-corrected chi connectivity index (χ4v) is 5.15. The van der Waals surface area contributed by atoms with Gasteiger partial charge in [-0.1, -0.05) is 28.1 Å². The van der Waals surface area contributed by atoms with Crippen LogP contribution in [0.25, 0.3) is 5.69 Å². The van der Waals surface area contributed by atoms with Crippen molar-refractivity contribution in [3.63, 3.8) is 0 Å². The summed E-state index contributed by atoms with van der Waals surface area (Å²) in [7, 11) is -3.82. The van der Waals surface area contributed by atoms with Gasteiger partial charge in [-0.05, 0) is 86.0 Å². The lowest BCUT2D eigenvalue weighted by Gasteiger charge is -2.14. The maximum atomic E-state index is 12.7. The molecular weight excluding hydrogens is 560 g/mol. The molecule has 190 valence electrons. The van der Waals surface area contributed by atoms with E-state index in [0.717, 1.165) is 31.9 Å². The van der Waals surface area contributed by atoms with Crippen molar-refractivity contribution in [1.82, 2.24) is 9.55 Å². The molecule has 9 nitrogen and oxygen atoms in total. The largest absolute Gasteiger partial charge is 0.493 e. The second kappa shape index (κ2) is 10.2. The van der Waals surface area contributed by atoms with Crippen molar-refractivity contribution < 1.29 is 13.5 Å². The van der Waals surface area contributed by atoms with Crippen molar-refractivity contribution >= 4 is 43.5 Å². The van der Waals surface area contributed by atoms with Gasteiger partial charge in [0.15, 0.2) is 0 Å². The standard InChI is InChI=1S/C26H23BrN4O5S/c1-15-5-4-6-19(13-15)30-37(35,36)20-9-7-18(8-10-20)28-14-21-24(32)29-26(34)31(25(21)33)23-12-11-22(27)16(2)17(23)3/h4-14,30,33H,1-3H3,(H,29,32,34). The highest BCUT2D eigenvalue weighted by Gasteiger charge is 2.17. The van der Waals surface area contributed by atoms with Crippen molar-refractivity contribution in [1.29, 1.82) is 0 Å². The molecule has 0 spiro atoms. The molecule has 3 aromatic carbocycles. The average Bonchev–Trinajstić information content (AvgIpc) is 2.83. The first-order valence-electron chi connectivity index (χ1n) is 11.1. The number of aromatic amines is 1. The van der Waals surface area contributed by atoms with Crippen LogP contribution < -0.4 is 16.0 Å². The molecular formula is C26H23BrN4O5S. The molecule has 1 heterocycles. The lowest BCUT2D eigenvalue weighted by atomic mass is 10.1. The number of nitrogens with one attached hydrogen (secondary N) is 2. The van der Waals surface area contributed by atoms with E-state index in [4.69, 9.17) is 0 Å². The van der Waals surface area contributed by atoms with Gasteiger partial charge in [0.1, 0.15) is 5.56 Å². The lowest BCUT2D eigenvalue weighted by Crippen LogP contribution is -2.31. The van der Waals surface area contributed by atoms with Crippen LogP contribution in [0.15, 0.2) is 84.6 Å². The summed E-state index contributed by atoms with van der Waals surface area (Å²) in [5.74, 6) is -0.566. The lowest BCUT2D eigenvalue weighted by molar-refractivity contribution is 0.430. The van der Waals surface area contributed by atoms with Crippen molar-refractivity contribution in [2.75, 3.05) is 4.72 Å². The molecule has 0 saturated heterocycles. The molecule has 0 saturated carbocycles. The Balaban J connectivity index is 1.65. The number of aromatic hydroxyl groups is 1. The van der Waals surface area contributed by atoms with Crippen molar-refractivity contribution in [2.24, 2.45) is 4.99 Å². The molecule has 1 aromatic heterocycles. The van der Waals surface area contributed by atoms with Crippen LogP contribution in [0.3, 0.4) is 0 Å². The fourth-order valence-electron chi connectivity index (χ4n) is 3.67. The number of aryl methyl sites for hydroxylation is 1. The Labute approximate surface area is 221 Å². The molecule has 0 atom stereocenters. The van der Waals surface area contributed by atoms with Gasteiger partial charge in [0, 0.05) is 16.4 Å². The molecule has 11 heteroatoms. The van der Waals surface area contributed by atoms with Crippen molar-refractivity contribution in [3.8, 4) is 11.6 Å². The molecule has 0 aliphatic rings. The van der Waals surface area contributed by atoms with Gasteiger partial charge in [0.05, 0.1) is 16.3 Å². The molecule has 0 unspecified atom stereocenters. The fraction of sp³-hybridized carbons (Fsp3) is 0.115. The SMILES string of the molecule is Cc1cccc(NS(=O)(=O)c2ccc(N=Cc3c(O)n(-c4ccc(Br)c(C)c4C)c(=O)[nH]c3=O)cc2)c1. The number of hydrogen-bond acceptors (Lipinski definition) is 6. The third-order valence-electron chi connectivity index (χ3n) is 5.81. The number of hydrogen-bond donors (Lipinski definition) is 3. The van der Waals surface area contributed by atoms with Crippen molar-refractivity contribution in [2.45, 2.75) is 25.7 Å². The molecule has 0 aliphatic carbocycles. The Kier molecular flexibility index (Phi) is 7.19. The average molecular weight is 583 g/mol. The predicted molar refractivity (Wildman–Crippen MR) is 147 cm³/mol. The zero-order valence-electron chi connectivity index (χ0n) is 20.1. The molecule has 4 rings (SSSR count). The third-order valence-corrected chi connectivity index (χ3v) is 8.07. The van der Waals surface area contributed by atoms with Crippen LogP contribution in [0, 0.1) is 20.8 Å². The summed E-state index contributed by atoms with van der Waals surface area (Å²) < 4.78 is 29.8. The van der Waals surface area contributed by atoms with Gasteiger partial charge in [-0.25, -0.2) is 17.8 Å². The van der Waals surface area contributed by atoms with Gasteiger partial charge in [-0.2, -0.15) is 0 Å². The number of halogens is 1. The van der Waals surface area contributed by atoms with Crippen LogP contribution in [0.1, 0.15) is 22.3 Å². The van der Waals surface area contributed by atoms with Crippen LogP contribution in [0.2, 0.25) is 0 Å². The quantitative estimate of drug-likeness (QED) is 0.288. The van der Waals surface area contributed by atoms with E-state index in [0.29, 0.717) is 17.1 Å². The van der Waals surface area contributed by atoms with Gasteiger partial charge in [0.25, 0.3) is 15.6 Å². The van der Waals surface area contributed by atoms with Crippen LogP contribution in [0.5, 0.6) is 5.88 Å². The molecule has 3 N–H and O–H groups in total. The zero-order valence-corrected chi connectivity index (χ0v) is 22.5. The normalized spacial score (nSPS) is 11.7. The molecule has 0 radical (unpaired) electrons. The number of nitrogens with zero attached hydrogens (tertiary/aromatic N) is 2. The van der Waals surface area contributed by atoms with E-state index in [1.54, 1.807) is 37.3 Å². The maximum Gasteiger partial charge on any atom is 0.335 e. The number of rotatable bonds is 6. The van der Waals surface area contributed by atoms with E-state index in [2.05, 4.69) is 30.6 Å². The van der Waals surface area contributed by atoms with Gasteiger partial charge >= 0.3 is 5.69 Å². The topological polar surface area (TPSA) is 134 Å². The summed E-state index contributed by atoms with van der Waals surface area (Å²) in [6, 6.07) is 16.1. The van der Waals surface area contributed by atoms with Crippen LogP contribution in [0.4, 0.5) is 11.4 Å². The number of anilines is 1. The predicted octanol–water partition coefficient (Wildman–Crippen LogP) is 4.47. The highest BCUT2D eigenvalue weighted by atomic mass is 79.9. The molecule has 0 amide bonds. The first-order valence-corrected chi connectivity index (χ1v) is 13.3. The summed E-state index contributed by atoms with van der Waals surface area (Å²) >= 11 is 3.43. The minimum absolute atomic E-state index is 0.0308. The molecule has 0 bridgehead atoms. The summed E-state index contributed by atoms with van der Waals surface area (Å²) in [6.45, 7) is 5.52. The van der Waals surface area contributed by atoms with E-state index in [9.17, 15) is 23.1 Å². The van der Waals surface area contributed by atoms with E-state index in [-0.39, 0.29) is 10.5 Å². The number of aromatic nitrogens is 2. The highest BCUT2D eigenvalue weighted by molar-refractivity contribution is 9.10. The zero-order chi connectivity index (χ0) is 26.9. The smallest absolute Gasteiger partial charge is 0.335 e. The van der Waals surface area contributed by atoms with Gasteiger partial charge in [0.2, 0.25) is 5.88 Å². The summed E-state index contributed by atoms with van der Waals surface area (Å²) in [5.41, 5.74) is 1.89. The second-order valence-electron chi connectivity index (χ2n) is 8.38. The van der Waals surface area contributed by atoms with Crippen LogP contribution in [-0.2, 0) is 10.0 Å². The molecule has 4 aromatic rings. The second-order valence-corrected chi connectivity index (χ2v) is 10.9. The Morgan fingerprint density at radius 1 is 1.00 bits per heavy atom. The summed E-state index contributed by atoms with van der Waals surface area (Å²) in [4.78, 5) is 31.4. The first kappa shape index (κ1) is 26.1. The van der Waals surface area contributed by atoms with Crippen molar-refractivity contribution in [3.05, 3.63) is 108 Å². The van der Waals surface area contributed by atoms with Crippen LogP contribution in [-0.4, -0.2) is 29.3 Å². The number of H-pyrrole nitrogens is 1. The summed E-state index contributed by atoms with van der Waals surface area (Å²) in [5, 5.41) is 10.8. The Morgan fingerprint density at radius 3 is 2.38 bits per heavy atom. The Hall–Kier alpha value is -3.96. The molecule has 0 fully saturated rings. The first-order chi connectivity index (χ1) is 17.5. The van der Waals surface area contributed by atoms with E-state index < -0.39 is 27.2 Å². The van der Waals surface area contributed by atoms with Gasteiger partial charge in [-0.15, -0.1) is 0 Å². The summed E-state index contributed by atoms with van der Waals surface area (Å²) in [6.07, 6.45) is 1.12. The van der Waals surface area contributed by atoms with Gasteiger partial charge < -0.3 is 5.11 Å². The third kappa shape index (κ3) is 5.42. The van der Waals surface area contributed by atoms with Crippen LogP contribution >= 0.6 is 15.9 Å². The highest BCUT2D eigenvalue weighted by Crippen LogP contribution is 2.27. The molecule has 0 aliphatic heterocycles.